The Morgan fingerprint density at radius 2 is 2.14 bits per heavy atom. The molecule has 0 spiro atoms. The van der Waals surface area contributed by atoms with E-state index in [4.69, 9.17) is 5.48 Å². The molecule has 0 atom stereocenters. The van der Waals surface area contributed by atoms with Crippen molar-refractivity contribution in [3.8, 4) is 0 Å². The molecule has 2 heterocycles. The van der Waals surface area contributed by atoms with Gasteiger partial charge in [0.15, 0.2) is 11.2 Å². The van der Waals surface area contributed by atoms with Gasteiger partial charge in [-0.15, -0.1) is 0 Å². The van der Waals surface area contributed by atoms with Crippen molar-refractivity contribution in [3.63, 3.8) is 0 Å². The summed E-state index contributed by atoms with van der Waals surface area (Å²) in [5, 5.41) is 0. The van der Waals surface area contributed by atoms with E-state index in [9.17, 15) is 9.59 Å². The van der Waals surface area contributed by atoms with Gasteiger partial charge in [0.05, 0.1) is 6.33 Å². The number of hydrogen-bond acceptors (Lipinski definition) is 3. The van der Waals surface area contributed by atoms with Gasteiger partial charge in [0.25, 0.3) is 5.56 Å². The molecule has 14 heavy (non-hydrogen) atoms. The molecule has 6 heteroatoms. The third-order valence-electron chi connectivity index (χ3n) is 2.01. The fourth-order valence-electron chi connectivity index (χ4n) is 1.26. The Kier molecular flexibility index (Phi) is 0.942. The van der Waals surface area contributed by atoms with Crippen LogP contribution in [0.1, 0.15) is 5.48 Å². The van der Waals surface area contributed by atoms with E-state index < -0.39 is 25.2 Å². The Labute approximate surface area is 84.6 Å². The van der Waals surface area contributed by atoms with E-state index >= 15 is 0 Å². The molecule has 6 nitrogen and oxygen atoms in total. The van der Waals surface area contributed by atoms with Crippen LogP contribution < -0.4 is 11.2 Å². The molecule has 2 rings (SSSR count). The van der Waals surface area contributed by atoms with E-state index in [1.165, 1.54) is 7.05 Å². The zero-order chi connectivity index (χ0) is 13.6. The van der Waals surface area contributed by atoms with E-state index in [0.717, 1.165) is 15.5 Å². The minimum Gasteiger partial charge on any atom is -0.328 e. The van der Waals surface area contributed by atoms with Gasteiger partial charge in [-0.05, 0) is 0 Å². The molecule has 0 saturated heterocycles. The largest absolute Gasteiger partial charge is 0.332 e. The minimum atomic E-state index is -1.79. The van der Waals surface area contributed by atoms with Crippen molar-refractivity contribution in [1.82, 2.24) is 18.7 Å². The van der Waals surface area contributed by atoms with Crippen LogP contribution in [0.15, 0.2) is 15.9 Å². The van der Waals surface area contributed by atoms with Crippen molar-refractivity contribution < 1.29 is 5.48 Å². The fourth-order valence-corrected chi connectivity index (χ4v) is 1.26. The van der Waals surface area contributed by atoms with Crippen LogP contribution in [0.3, 0.4) is 0 Å². The lowest BCUT2D eigenvalue weighted by atomic mass is 10.5. The smallest absolute Gasteiger partial charge is 0.328 e. The molecule has 0 saturated carbocycles. The highest BCUT2D eigenvalue weighted by molar-refractivity contribution is 5.69. The van der Waals surface area contributed by atoms with Gasteiger partial charge in [0.2, 0.25) is 0 Å². The summed E-state index contributed by atoms with van der Waals surface area (Å²) < 4.78 is 31.4. The molecule has 0 N–H and O–H groups in total. The first-order valence-corrected chi connectivity index (χ1v) is 3.73. The molecule has 0 fully saturated rings. The summed E-state index contributed by atoms with van der Waals surface area (Å²) in [6.45, 7) is -3.29. The maximum absolute atomic E-state index is 12.0. The highest BCUT2D eigenvalue weighted by atomic mass is 16.2. The van der Waals surface area contributed by atoms with Crippen LogP contribution in [0.25, 0.3) is 11.2 Å². The van der Waals surface area contributed by atoms with Gasteiger partial charge in [-0.1, -0.05) is 0 Å². The average molecular weight is 198 g/mol. The number of aryl methyl sites for hydroxylation is 2. The summed E-state index contributed by atoms with van der Waals surface area (Å²) in [5.74, 6) is 0. The van der Waals surface area contributed by atoms with Crippen LogP contribution in [0.5, 0.6) is 0 Å². The van der Waals surface area contributed by atoms with Crippen molar-refractivity contribution in [2.75, 3.05) is 0 Å². The molecule has 0 unspecified atom stereocenters. The quantitative estimate of drug-likeness (QED) is 0.544. The van der Waals surface area contributed by atoms with Crippen molar-refractivity contribution >= 4 is 11.2 Å². The lowest BCUT2D eigenvalue weighted by molar-refractivity contribution is 0.705. The highest BCUT2D eigenvalue weighted by Gasteiger charge is 2.11. The van der Waals surface area contributed by atoms with Crippen LogP contribution in [0.2, 0.25) is 0 Å². The van der Waals surface area contributed by atoms with Gasteiger partial charge >= 0.3 is 5.69 Å². The van der Waals surface area contributed by atoms with Crippen LogP contribution in [0, 0.1) is 0 Å². The van der Waals surface area contributed by atoms with Gasteiger partial charge < -0.3 is 4.57 Å². The van der Waals surface area contributed by atoms with Crippen molar-refractivity contribution in [2.45, 2.75) is 0 Å². The zero-order valence-corrected chi connectivity index (χ0v) is 7.34. The molecular weight excluding hydrogens is 184 g/mol. The third kappa shape index (κ3) is 0.876. The third-order valence-corrected chi connectivity index (χ3v) is 2.01. The molecular formula is C8H10N4O2. The first kappa shape index (κ1) is 5.14. The van der Waals surface area contributed by atoms with E-state index in [1.54, 1.807) is 0 Å². The fraction of sp³-hybridized carbons (Fsp3) is 0.375. The Balaban J connectivity index is 3.03. The van der Waals surface area contributed by atoms with Crippen molar-refractivity contribution in [3.05, 3.63) is 27.2 Å². The van der Waals surface area contributed by atoms with E-state index in [-0.39, 0.29) is 11.2 Å². The highest BCUT2D eigenvalue weighted by Crippen LogP contribution is 2.01. The number of imidazole rings is 1. The first-order valence-electron chi connectivity index (χ1n) is 6.04. The summed E-state index contributed by atoms with van der Waals surface area (Å²) in [5.41, 5.74) is -1.80. The van der Waals surface area contributed by atoms with Crippen LogP contribution in [-0.2, 0) is 21.0 Å². The molecule has 0 aromatic carbocycles. The van der Waals surface area contributed by atoms with Crippen molar-refractivity contribution in [1.29, 1.82) is 0 Å². The molecule has 2 aromatic heterocycles. The van der Waals surface area contributed by atoms with Gasteiger partial charge in [-0.2, -0.15) is 0 Å². The Bertz CT molecular complexity index is 714. The Morgan fingerprint density at radius 1 is 1.36 bits per heavy atom. The number of nitrogens with zero attached hydrogens (tertiary/aromatic N) is 4. The average Bonchev–Trinajstić information content (AvgIpc) is 2.70. The van der Waals surface area contributed by atoms with Gasteiger partial charge in [0.1, 0.15) is 0 Å². The number of fused-ring (bicyclic) bond motifs is 1. The lowest BCUT2D eigenvalue weighted by Crippen LogP contribution is -2.37. The van der Waals surface area contributed by atoms with E-state index in [0.29, 0.717) is 4.57 Å². The van der Waals surface area contributed by atoms with Gasteiger partial charge in [-0.25, -0.2) is 9.78 Å². The van der Waals surface area contributed by atoms with E-state index in [2.05, 4.69) is 4.98 Å². The normalized spacial score (nSPS) is 15.6. The SMILES string of the molecule is [2H]C([2H])n1c(=O)c2c(ncn2C([2H])[2H])n(C)c1=O. The Morgan fingerprint density at radius 3 is 2.79 bits per heavy atom. The molecule has 0 amide bonds. The number of rotatable bonds is 0. The van der Waals surface area contributed by atoms with Gasteiger partial charge in [-0.3, -0.25) is 13.9 Å². The number of aromatic nitrogens is 4. The van der Waals surface area contributed by atoms with E-state index in [1.807, 2.05) is 0 Å². The maximum Gasteiger partial charge on any atom is 0.332 e. The van der Waals surface area contributed by atoms with Crippen LogP contribution in [-0.4, -0.2) is 18.7 Å². The molecule has 74 valence electrons. The molecule has 0 aliphatic carbocycles. The lowest BCUT2D eigenvalue weighted by Gasteiger charge is -2.02. The molecule has 0 aliphatic rings. The topological polar surface area (TPSA) is 61.8 Å². The maximum atomic E-state index is 12.0. The second kappa shape index (κ2) is 2.57. The summed E-state index contributed by atoms with van der Waals surface area (Å²) in [6, 6.07) is 0. The predicted molar refractivity (Wildman–Crippen MR) is 51.2 cm³/mol. The van der Waals surface area contributed by atoms with Crippen molar-refractivity contribution in [2.24, 2.45) is 21.0 Å². The second-order valence-corrected chi connectivity index (χ2v) is 2.84. The molecule has 0 bridgehead atoms. The summed E-state index contributed by atoms with van der Waals surface area (Å²) >= 11 is 0. The standard InChI is InChI=1S/C8H10N4O2/c1-10-4-9-6-5(10)7(13)12(3)8(14)11(6)2/h4H,1-3H3/i1D2,3D2. The summed E-state index contributed by atoms with van der Waals surface area (Å²) in [4.78, 5) is 27.6. The van der Waals surface area contributed by atoms with Gasteiger partial charge in [0, 0.05) is 26.5 Å². The monoisotopic (exact) mass is 198 g/mol. The second-order valence-electron chi connectivity index (χ2n) is 2.84. The first-order chi connectivity index (χ1) is 8.36. The number of hydrogen-bond donors (Lipinski definition) is 0. The summed E-state index contributed by atoms with van der Waals surface area (Å²) in [6.07, 6.45) is 1.11. The van der Waals surface area contributed by atoms with Crippen LogP contribution in [0.4, 0.5) is 0 Å². The summed E-state index contributed by atoms with van der Waals surface area (Å²) in [7, 11) is 1.35. The zero-order valence-electron chi connectivity index (χ0n) is 11.3. The molecule has 0 radical (unpaired) electrons. The van der Waals surface area contributed by atoms with Crippen LogP contribution >= 0.6 is 0 Å². The molecule has 2 aromatic rings. The minimum absolute atomic E-state index is 0.0337. The molecule has 0 aliphatic heterocycles. The Hall–Kier alpha value is -1.85. The predicted octanol–water partition coefficient (Wildman–Crippen LogP) is -1.03.